The summed E-state index contributed by atoms with van der Waals surface area (Å²) in [5, 5.41) is 12.9. The summed E-state index contributed by atoms with van der Waals surface area (Å²) in [6, 6.07) is 11.0. The average Bonchev–Trinajstić information content (AvgIpc) is 2.38. The third kappa shape index (κ3) is 6.74. The Morgan fingerprint density at radius 2 is 1.94 bits per heavy atom. The largest absolute Gasteiger partial charge is 0.391 e. The van der Waals surface area contributed by atoms with Crippen LogP contribution in [0.15, 0.2) is 30.3 Å². The number of hydrogen-bond acceptors (Lipinski definition) is 3. The van der Waals surface area contributed by atoms with E-state index in [1.54, 1.807) is 7.11 Å². The van der Waals surface area contributed by atoms with Crippen LogP contribution in [0.2, 0.25) is 0 Å². The minimum Gasteiger partial charge on any atom is -0.391 e. The zero-order chi connectivity index (χ0) is 13.2. The molecule has 3 nitrogen and oxygen atoms in total. The van der Waals surface area contributed by atoms with E-state index in [-0.39, 0.29) is 6.10 Å². The van der Waals surface area contributed by atoms with Crippen molar-refractivity contribution < 1.29 is 9.84 Å². The molecule has 1 rings (SSSR count). The molecule has 2 unspecified atom stereocenters. The van der Waals surface area contributed by atoms with Gasteiger partial charge in [-0.25, -0.2) is 0 Å². The fourth-order valence-corrected chi connectivity index (χ4v) is 1.90. The maximum Gasteiger partial charge on any atom is 0.0785 e. The lowest BCUT2D eigenvalue weighted by Gasteiger charge is -2.15. The van der Waals surface area contributed by atoms with Gasteiger partial charge in [0.1, 0.15) is 0 Å². The van der Waals surface area contributed by atoms with Crippen LogP contribution in [0.25, 0.3) is 0 Å². The Balaban J connectivity index is 2.09. The van der Waals surface area contributed by atoms with E-state index in [1.807, 2.05) is 6.07 Å². The zero-order valence-electron chi connectivity index (χ0n) is 11.4. The van der Waals surface area contributed by atoms with Crippen LogP contribution >= 0.6 is 0 Å². The van der Waals surface area contributed by atoms with Crippen LogP contribution in [0.4, 0.5) is 0 Å². The lowest BCUT2D eigenvalue weighted by Crippen LogP contribution is -2.30. The lowest BCUT2D eigenvalue weighted by molar-refractivity contribution is 0.0590. The monoisotopic (exact) mass is 251 g/mol. The number of hydrogen-bond donors (Lipinski definition) is 2. The average molecular weight is 251 g/mol. The minimum atomic E-state index is -0.358. The Morgan fingerprint density at radius 3 is 2.61 bits per heavy atom. The molecule has 3 heteroatoms. The summed E-state index contributed by atoms with van der Waals surface area (Å²) in [7, 11) is 1.61. The molecule has 1 aromatic rings. The molecule has 0 saturated heterocycles. The molecule has 0 bridgehead atoms. The second-order valence-corrected chi connectivity index (χ2v) is 4.78. The predicted molar refractivity (Wildman–Crippen MR) is 74.7 cm³/mol. The van der Waals surface area contributed by atoms with Gasteiger partial charge >= 0.3 is 0 Å². The fraction of sp³-hybridized carbons (Fsp3) is 0.600. The summed E-state index contributed by atoms with van der Waals surface area (Å²) in [4.78, 5) is 0. The van der Waals surface area contributed by atoms with Gasteiger partial charge < -0.3 is 15.2 Å². The number of aliphatic hydroxyl groups is 1. The SMILES string of the molecule is COCC(O)CCNC(C)CCc1ccccc1. The predicted octanol–water partition coefficient (Wildman–Crippen LogP) is 1.99. The molecule has 0 aliphatic carbocycles. The Hall–Kier alpha value is -0.900. The van der Waals surface area contributed by atoms with Crippen LogP contribution < -0.4 is 5.32 Å². The first-order valence-corrected chi connectivity index (χ1v) is 6.66. The van der Waals surface area contributed by atoms with Crippen molar-refractivity contribution in [3.63, 3.8) is 0 Å². The van der Waals surface area contributed by atoms with Crippen molar-refractivity contribution in [1.82, 2.24) is 5.32 Å². The van der Waals surface area contributed by atoms with Crippen LogP contribution in [0.3, 0.4) is 0 Å². The van der Waals surface area contributed by atoms with Crippen molar-refractivity contribution in [1.29, 1.82) is 0 Å². The molecule has 0 spiro atoms. The summed E-state index contributed by atoms with van der Waals surface area (Å²) in [6.07, 6.45) is 2.59. The summed E-state index contributed by atoms with van der Waals surface area (Å²) >= 11 is 0. The number of rotatable bonds is 9. The van der Waals surface area contributed by atoms with Gasteiger partial charge in [-0.15, -0.1) is 0 Å². The minimum absolute atomic E-state index is 0.358. The topological polar surface area (TPSA) is 41.5 Å². The van der Waals surface area contributed by atoms with Crippen LogP contribution in [-0.4, -0.2) is 37.5 Å². The summed E-state index contributed by atoms with van der Waals surface area (Å²) in [5.41, 5.74) is 1.38. The second-order valence-electron chi connectivity index (χ2n) is 4.78. The standard InChI is InChI=1S/C15H25NO2/c1-13(16-11-10-15(17)12-18-2)8-9-14-6-4-3-5-7-14/h3-7,13,15-17H,8-12H2,1-2H3. The molecule has 0 aromatic heterocycles. The Labute approximate surface area is 110 Å². The Bertz CT molecular complexity index is 303. The first-order chi connectivity index (χ1) is 8.72. The molecule has 2 atom stereocenters. The van der Waals surface area contributed by atoms with E-state index in [1.165, 1.54) is 5.56 Å². The molecule has 18 heavy (non-hydrogen) atoms. The molecule has 102 valence electrons. The van der Waals surface area contributed by atoms with Crippen LogP contribution in [-0.2, 0) is 11.2 Å². The zero-order valence-corrected chi connectivity index (χ0v) is 11.4. The van der Waals surface area contributed by atoms with Gasteiger partial charge in [-0.05, 0) is 38.3 Å². The fourth-order valence-electron chi connectivity index (χ4n) is 1.90. The third-order valence-corrected chi connectivity index (χ3v) is 3.04. The van der Waals surface area contributed by atoms with E-state index in [2.05, 4.69) is 36.5 Å². The van der Waals surface area contributed by atoms with Crippen molar-refractivity contribution in [2.24, 2.45) is 0 Å². The molecule has 1 aromatic carbocycles. The summed E-state index contributed by atoms with van der Waals surface area (Å²) in [6.45, 7) is 3.44. The number of aliphatic hydroxyl groups excluding tert-OH is 1. The number of benzene rings is 1. The van der Waals surface area contributed by atoms with Crippen LogP contribution in [0.5, 0.6) is 0 Å². The van der Waals surface area contributed by atoms with E-state index in [9.17, 15) is 5.11 Å². The molecule has 0 saturated carbocycles. The van der Waals surface area contributed by atoms with Crippen molar-refractivity contribution in [2.75, 3.05) is 20.3 Å². The molecule has 0 radical (unpaired) electrons. The van der Waals surface area contributed by atoms with E-state index >= 15 is 0 Å². The maximum atomic E-state index is 9.50. The number of nitrogens with one attached hydrogen (secondary N) is 1. The summed E-state index contributed by atoms with van der Waals surface area (Å²) < 4.78 is 4.89. The molecular weight excluding hydrogens is 226 g/mol. The molecular formula is C15H25NO2. The highest BCUT2D eigenvalue weighted by Gasteiger charge is 2.05. The van der Waals surface area contributed by atoms with Gasteiger partial charge in [0.25, 0.3) is 0 Å². The molecule has 0 amide bonds. The molecule has 0 fully saturated rings. The smallest absolute Gasteiger partial charge is 0.0785 e. The van der Waals surface area contributed by atoms with Crippen LogP contribution in [0.1, 0.15) is 25.3 Å². The molecule has 0 aliphatic rings. The van der Waals surface area contributed by atoms with Crippen molar-refractivity contribution in [2.45, 2.75) is 38.3 Å². The highest BCUT2D eigenvalue weighted by molar-refractivity contribution is 5.14. The Kier molecular flexibility index (Phi) is 7.65. The van der Waals surface area contributed by atoms with E-state index in [4.69, 9.17) is 4.74 Å². The van der Waals surface area contributed by atoms with Gasteiger partial charge in [-0.2, -0.15) is 0 Å². The van der Waals surface area contributed by atoms with Crippen molar-refractivity contribution in [3.8, 4) is 0 Å². The lowest BCUT2D eigenvalue weighted by atomic mass is 10.1. The van der Waals surface area contributed by atoms with Gasteiger partial charge in [0.2, 0.25) is 0 Å². The Morgan fingerprint density at radius 1 is 1.22 bits per heavy atom. The molecule has 0 aliphatic heterocycles. The van der Waals surface area contributed by atoms with Gasteiger partial charge in [0.15, 0.2) is 0 Å². The highest BCUT2D eigenvalue weighted by atomic mass is 16.5. The number of aryl methyl sites for hydroxylation is 1. The first-order valence-electron chi connectivity index (χ1n) is 6.66. The number of methoxy groups -OCH3 is 1. The van der Waals surface area contributed by atoms with Gasteiger partial charge in [0, 0.05) is 13.2 Å². The van der Waals surface area contributed by atoms with Crippen molar-refractivity contribution in [3.05, 3.63) is 35.9 Å². The quantitative estimate of drug-likeness (QED) is 0.705. The molecule has 0 heterocycles. The van der Waals surface area contributed by atoms with E-state index < -0.39 is 0 Å². The number of ether oxygens (including phenoxy) is 1. The van der Waals surface area contributed by atoms with Gasteiger partial charge in [-0.3, -0.25) is 0 Å². The highest BCUT2D eigenvalue weighted by Crippen LogP contribution is 2.04. The maximum absolute atomic E-state index is 9.50. The van der Waals surface area contributed by atoms with E-state index in [0.717, 1.165) is 25.8 Å². The normalized spacial score (nSPS) is 14.4. The molecule has 2 N–H and O–H groups in total. The third-order valence-electron chi connectivity index (χ3n) is 3.04. The van der Waals surface area contributed by atoms with Crippen molar-refractivity contribution >= 4 is 0 Å². The second kappa shape index (κ2) is 9.09. The van der Waals surface area contributed by atoms with Gasteiger partial charge in [0.05, 0.1) is 12.7 Å². The summed E-state index contributed by atoms with van der Waals surface area (Å²) in [5.74, 6) is 0. The van der Waals surface area contributed by atoms with Crippen LogP contribution in [0, 0.1) is 0 Å². The van der Waals surface area contributed by atoms with Gasteiger partial charge in [-0.1, -0.05) is 30.3 Å². The first kappa shape index (κ1) is 15.2. The van der Waals surface area contributed by atoms with E-state index in [0.29, 0.717) is 12.6 Å².